The third-order valence-electron chi connectivity index (χ3n) is 5.31. The summed E-state index contributed by atoms with van der Waals surface area (Å²) in [6, 6.07) is 11.2. The summed E-state index contributed by atoms with van der Waals surface area (Å²) < 4.78 is 6.20. The summed E-state index contributed by atoms with van der Waals surface area (Å²) in [7, 11) is 0. The van der Waals surface area contributed by atoms with Gasteiger partial charge in [-0.15, -0.1) is 0 Å². The molecule has 0 saturated carbocycles. The zero-order valence-corrected chi connectivity index (χ0v) is 21.6. The quantitative estimate of drug-likeness (QED) is 0.487. The van der Waals surface area contributed by atoms with Crippen molar-refractivity contribution >= 4 is 72.7 Å². The molecule has 0 aromatic heterocycles. The first-order valence-corrected chi connectivity index (χ1v) is 12.6. The number of carbonyl (C=O) groups is 4. The van der Waals surface area contributed by atoms with Gasteiger partial charge >= 0.3 is 5.97 Å². The Morgan fingerprint density at radius 2 is 1.79 bits per heavy atom. The zero-order valence-electron chi connectivity index (χ0n) is 17.6. The van der Waals surface area contributed by atoms with Gasteiger partial charge in [-0.2, -0.15) is 0 Å². The minimum absolute atomic E-state index is 0.194. The van der Waals surface area contributed by atoms with Crippen LogP contribution >= 0.6 is 43.6 Å². The van der Waals surface area contributed by atoms with E-state index in [0.29, 0.717) is 33.3 Å². The molecule has 3 amide bonds. The smallest absolute Gasteiger partial charge is 0.341 e. The van der Waals surface area contributed by atoms with Crippen molar-refractivity contribution < 1.29 is 29.0 Å². The van der Waals surface area contributed by atoms with Crippen LogP contribution in [0.15, 0.2) is 50.2 Å². The van der Waals surface area contributed by atoms with Gasteiger partial charge in [-0.25, -0.2) is 4.79 Å². The Labute approximate surface area is 216 Å². The van der Waals surface area contributed by atoms with Gasteiger partial charge in [0.25, 0.3) is 11.1 Å². The first-order chi connectivity index (χ1) is 16.2. The van der Waals surface area contributed by atoms with Gasteiger partial charge in [0.1, 0.15) is 12.3 Å². The molecule has 0 bridgehead atoms. The molecule has 1 fully saturated rings. The molecular weight excluding hydrogens is 592 g/mol. The monoisotopic (exact) mass is 608 g/mol. The molecule has 2 aromatic carbocycles. The van der Waals surface area contributed by atoms with E-state index in [9.17, 15) is 19.2 Å². The zero-order chi connectivity index (χ0) is 24.4. The Morgan fingerprint density at radius 3 is 2.47 bits per heavy atom. The number of carbonyl (C=O) groups excluding carboxylic acids is 3. The third kappa shape index (κ3) is 5.37. The van der Waals surface area contributed by atoms with Crippen LogP contribution in [0.1, 0.15) is 16.7 Å². The topological polar surface area (TPSA) is 104 Å². The van der Waals surface area contributed by atoms with Gasteiger partial charge in [0.2, 0.25) is 5.91 Å². The molecule has 34 heavy (non-hydrogen) atoms. The number of amides is 3. The fourth-order valence-electron chi connectivity index (χ4n) is 3.67. The summed E-state index contributed by atoms with van der Waals surface area (Å²) >= 11 is 7.43. The Hall–Kier alpha value is -2.63. The molecule has 0 unspecified atom stereocenters. The molecule has 176 valence electrons. The minimum atomic E-state index is -1.11. The number of hydrogen-bond donors (Lipinski definition) is 1. The highest BCUT2D eigenvalue weighted by Gasteiger charge is 2.37. The first kappa shape index (κ1) is 24.5. The maximum absolute atomic E-state index is 12.9. The van der Waals surface area contributed by atoms with E-state index in [1.54, 1.807) is 23.1 Å². The second-order valence-electron chi connectivity index (χ2n) is 7.60. The Kier molecular flexibility index (Phi) is 7.44. The van der Waals surface area contributed by atoms with E-state index >= 15 is 0 Å². The highest BCUT2D eigenvalue weighted by atomic mass is 79.9. The van der Waals surface area contributed by atoms with E-state index in [1.807, 2.05) is 24.3 Å². The van der Waals surface area contributed by atoms with Crippen LogP contribution in [0.25, 0.3) is 6.08 Å². The molecule has 2 aliphatic rings. The normalized spacial score (nSPS) is 16.7. The maximum atomic E-state index is 12.9. The van der Waals surface area contributed by atoms with Gasteiger partial charge in [-0.3, -0.25) is 19.3 Å². The van der Waals surface area contributed by atoms with Gasteiger partial charge in [0.05, 0.1) is 13.9 Å². The van der Waals surface area contributed by atoms with E-state index in [1.165, 1.54) is 5.56 Å². The average molecular weight is 610 g/mol. The number of ether oxygens (including phenoxy) is 1. The molecule has 0 spiro atoms. The van der Waals surface area contributed by atoms with Crippen LogP contribution in [0.3, 0.4) is 0 Å². The van der Waals surface area contributed by atoms with Gasteiger partial charge in [-0.05, 0) is 84.9 Å². The first-order valence-electron chi connectivity index (χ1n) is 10.2. The molecule has 11 heteroatoms. The summed E-state index contributed by atoms with van der Waals surface area (Å²) in [5, 5.41) is 8.30. The van der Waals surface area contributed by atoms with E-state index in [-0.39, 0.29) is 17.4 Å². The van der Waals surface area contributed by atoms with Gasteiger partial charge in [-0.1, -0.05) is 24.3 Å². The van der Waals surface area contributed by atoms with Crippen molar-refractivity contribution in [2.45, 2.75) is 13.0 Å². The van der Waals surface area contributed by atoms with Crippen molar-refractivity contribution in [3.8, 4) is 5.75 Å². The van der Waals surface area contributed by atoms with Crippen LogP contribution in [0.4, 0.5) is 4.79 Å². The number of imide groups is 1. The number of fused-ring (bicyclic) bond motifs is 1. The molecule has 8 nitrogen and oxygen atoms in total. The number of rotatable bonds is 6. The number of hydrogen-bond acceptors (Lipinski definition) is 6. The lowest BCUT2D eigenvalue weighted by Gasteiger charge is -2.29. The maximum Gasteiger partial charge on any atom is 0.341 e. The molecule has 2 aromatic rings. The van der Waals surface area contributed by atoms with E-state index < -0.39 is 23.7 Å². The third-order valence-corrected chi connectivity index (χ3v) is 7.39. The Balaban J connectivity index is 1.45. The molecule has 0 atom stereocenters. The summed E-state index contributed by atoms with van der Waals surface area (Å²) in [5.74, 6) is -1.61. The number of thioether (sulfide) groups is 1. The summed E-state index contributed by atoms with van der Waals surface area (Å²) in [6.45, 7) is 0.186. The van der Waals surface area contributed by atoms with Crippen molar-refractivity contribution in [3.05, 3.63) is 66.9 Å². The van der Waals surface area contributed by atoms with E-state index in [4.69, 9.17) is 9.84 Å². The average Bonchev–Trinajstić information content (AvgIpc) is 3.05. The second kappa shape index (κ2) is 10.3. The lowest BCUT2D eigenvalue weighted by molar-refractivity contribution is -0.139. The van der Waals surface area contributed by atoms with Gasteiger partial charge < -0.3 is 14.7 Å². The van der Waals surface area contributed by atoms with Crippen LogP contribution in [0.2, 0.25) is 0 Å². The highest BCUT2D eigenvalue weighted by molar-refractivity contribution is 9.11. The molecular formula is C23H18Br2N2O6S. The number of aliphatic carboxylic acids is 1. The Bertz CT molecular complexity index is 1210. The van der Waals surface area contributed by atoms with Crippen LogP contribution in [-0.2, 0) is 27.3 Å². The van der Waals surface area contributed by atoms with E-state index in [2.05, 4.69) is 31.9 Å². The van der Waals surface area contributed by atoms with Crippen molar-refractivity contribution in [2.75, 3.05) is 19.7 Å². The van der Waals surface area contributed by atoms with Gasteiger partial charge in [0, 0.05) is 13.1 Å². The molecule has 2 aliphatic heterocycles. The summed E-state index contributed by atoms with van der Waals surface area (Å²) in [4.78, 5) is 51.8. The molecule has 1 N–H and O–H groups in total. The molecule has 0 radical (unpaired) electrons. The molecule has 1 saturated heterocycles. The lowest BCUT2D eigenvalue weighted by Crippen LogP contribution is -2.44. The van der Waals surface area contributed by atoms with Crippen molar-refractivity contribution in [1.82, 2.24) is 9.80 Å². The van der Waals surface area contributed by atoms with Crippen LogP contribution < -0.4 is 4.74 Å². The molecule has 0 aliphatic carbocycles. The standard InChI is InChI=1S/C23H18Br2N2O6S/c24-16-7-13(8-17(25)21(16)33-12-20(29)30)9-18-22(31)27(23(32)34-18)11-19(28)26-6-5-14-3-1-2-4-15(14)10-26/h1-4,7-9H,5-6,10-12H2,(H,29,30)/b18-9-. The van der Waals surface area contributed by atoms with Crippen molar-refractivity contribution in [3.63, 3.8) is 0 Å². The number of benzene rings is 2. The fraction of sp³-hybridized carbons (Fsp3) is 0.217. The SMILES string of the molecule is O=C(O)COc1c(Br)cc(/C=C2\SC(=O)N(CC(=O)N3CCc4ccccc4C3)C2=O)cc1Br. The predicted octanol–water partition coefficient (Wildman–Crippen LogP) is 4.30. The second-order valence-corrected chi connectivity index (χ2v) is 10.3. The molecule has 2 heterocycles. The van der Waals surface area contributed by atoms with Crippen molar-refractivity contribution in [2.24, 2.45) is 0 Å². The van der Waals surface area contributed by atoms with E-state index in [0.717, 1.165) is 28.6 Å². The largest absolute Gasteiger partial charge is 0.480 e. The van der Waals surface area contributed by atoms with Crippen LogP contribution in [0.5, 0.6) is 5.75 Å². The van der Waals surface area contributed by atoms with Crippen molar-refractivity contribution in [1.29, 1.82) is 0 Å². The molecule has 4 rings (SSSR count). The number of carboxylic acids is 1. The predicted molar refractivity (Wildman–Crippen MR) is 133 cm³/mol. The summed E-state index contributed by atoms with van der Waals surface area (Å²) in [5.41, 5.74) is 2.87. The number of nitrogens with zero attached hydrogens (tertiary/aromatic N) is 2. The highest BCUT2D eigenvalue weighted by Crippen LogP contribution is 2.37. The van der Waals surface area contributed by atoms with Crippen LogP contribution in [0, 0.1) is 0 Å². The van der Waals surface area contributed by atoms with Crippen LogP contribution in [-0.4, -0.2) is 57.6 Å². The Morgan fingerprint density at radius 1 is 1.12 bits per heavy atom. The van der Waals surface area contributed by atoms with Gasteiger partial charge in [0.15, 0.2) is 6.61 Å². The minimum Gasteiger partial charge on any atom is -0.480 e. The summed E-state index contributed by atoms with van der Waals surface area (Å²) in [6.07, 6.45) is 2.28. The lowest BCUT2D eigenvalue weighted by atomic mass is 10.00. The number of carboxylic acid groups (broad SMARTS) is 1. The fourth-order valence-corrected chi connectivity index (χ4v) is 5.96. The number of halogens is 2.